The molecular formula is C14H15BrINO2. The van der Waals surface area contributed by atoms with Crippen molar-refractivity contribution < 1.29 is 9.59 Å². The molecule has 2 rings (SSSR count). The lowest BCUT2D eigenvalue weighted by Crippen LogP contribution is -2.33. The molecule has 0 radical (unpaired) electrons. The van der Waals surface area contributed by atoms with Gasteiger partial charge in [-0.2, -0.15) is 0 Å². The second kappa shape index (κ2) is 5.91. The molecule has 1 saturated heterocycles. The second-order valence-electron chi connectivity index (χ2n) is 5.14. The molecule has 1 aromatic rings. The van der Waals surface area contributed by atoms with Crippen molar-refractivity contribution >= 4 is 50.3 Å². The van der Waals surface area contributed by atoms with Gasteiger partial charge in [0.2, 0.25) is 5.91 Å². The Kier molecular flexibility index (Phi) is 4.66. The first-order valence-corrected chi connectivity index (χ1v) is 8.07. The minimum Gasteiger partial charge on any atom is -0.278 e. The summed E-state index contributed by atoms with van der Waals surface area (Å²) in [6, 6.07) is 5.54. The van der Waals surface area contributed by atoms with Gasteiger partial charge in [0.1, 0.15) is 0 Å². The number of likely N-dealkylation sites (tertiary alicyclic amines) is 1. The molecule has 0 saturated carbocycles. The first-order chi connectivity index (χ1) is 8.90. The smallest absolute Gasteiger partial charge is 0.261 e. The molecule has 1 aliphatic rings. The lowest BCUT2D eigenvalue weighted by atomic mass is 9.95. The van der Waals surface area contributed by atoms with E-state index in [1.807, 2.05) is 12.1 Å². The molecule has 0 N–H and O–H groups in total. The predicted octanol–water partition coefficient (Wildman–Crippen LogP) is 3.70. The molecule has 1 fully saturated rings. The summed E-state index contributed by atoms with van der Waals surface area (Å²) in [6.07, 6.45) is 0.480. The number of imide groups is 1. The maximum absolute atomic E-state index is 12.5. The summed E-state index contributed by atoms with van der Waals surface area (Å²) in [5.74, 6) is 0.461. The number of carbonyl (C=O) groups excluding carboxylic acids is 2. The molecular weight excluding hydrogens is 421 g/mol. The van der Waals surface area contributed by atoms with Crippen LogP contribution < -0.4 is 0 Å². The van der Waals surface area contributed by atoms with E-state index < -0.39 is 0 Å². The van der Waals surface area contributed by atoms with Gasteiger partial charge in [-0.05, 0) is 52.6 Å². The molecule has 102 valence electrons. The highest BCUT2D eigenvalue weighted by atomic mass is 127. The van der Waals surface area contributed by atoms with Crippen molar-refractivity contribution in [3.05, 3.63) is 31.8 Å². The zero-order chi connectivity index (χ0) is 14.2. The molecule has 0 bridgehead atoms. The van der Waals surface area contributed by atoms with Crippen molar-refractivity contribution in [2.24, 2.45) is 11.8 Å². The summed E-state index contributed by atoms with van der Waals surface area (Å²) in [7, 11) is 0. The summed E-state index contributed by atoms with van der Waals surface area (Å²) in [5, 5.41) is 0. The highest BCUT2D eigenvalue weighted by Crippen LogP contribution is 2.28. The van der Waals surface area contributed by atoms with Crippen LogP contribution in [0.25, 0.3) is 0 Å². The SMILES string of the molecule is CC(C)C1CC(=O)N(C(=O)c2cc(Br)ccc2I)C1. The minimum atomic E-state index is -0.182. The maximum atomic E-state index is 12.5. The van der Waals surface area contributed by atoms with Crippen LogP contribution in [0.1, 0.15) is 30.6 Å². The van der Waals surface area contributed by atoms with Crippen molar-refractivity contribution in [2.45, 2.75) is 20.3 Å². The van der Waals surface area contributed by atoms with Gasteiger partial charge in [-0.15, -0.1) is 0 Å². The van der Waals surface area contributed by atoms with E-state index in [-0.39, 0.29) is 17.7 Å². The number of nitrogens with zero attached hydrogens (tertiary/aromatic N) is 1. The van der Waals surface area contributed by atoms with E-state index in [0.29, 0.717) is 24.4 Å². The van der Waals surface area contributed by atoms with Gasteiger partial charge in [0.15, 0.2) is 0 Å². The number of halogens is 2. The summed E-state index contributed by atoms with van der Waals surface area (Å²) in [4.78, 5) is 25.9. The Labute approximate surface area is 135 Å². The van der Waals surface area contributed by atoms with Crippen molar-refractivity contribution in [1.29, 1.82) is 0 Å². The summed E-state index contributed by atoms with van der Waals surface area (Å²) in [6.45, 7) is 4.72. The normalized spacial score (nSPS) is 19.3. The molecule has 3 nitrogen and oxygen atoms in total. The number of hydrogen-bond acceptors (Lipinski definition) is 2. The molecule has 19 heavy (non-hydrogen) atoms. The fourth-order valence-corrected chi connectivity index (χ4v) is 3.11. The van der Waals surface area contributed by atoms with E-state index >= 15 is 0 Å². The van der Waals surface area contributed by atoms with Crippen LogP contribution in [0.15, 0.2) is 22.7 Å². The van der Waals surface area contributed by atoms with Crippen molar-refractivity contribution in [1.82, 2.24) is 4.90 Å². The second-order valence-corrected chi connectivity index (χ2v) is 7.22. The molecule has 1 aromatic carbocycles. The predicted molar refractivity (Wildman–Crippen MR) is 85.8 cm³/mol. The van der Waals surface area contributed by atoms with Gasteiger partial charge in [0, 0.05) is 21.0 Å². The van der Waals surface area contributed by atoms with Crippen LogP contribution in [0.3, 0.4) is 0 Å². The zero-order valence-corrected chi connectivity index (χ0v) is 14.6. The quantitative estimate of drug-likeness (QED) is 0.524. The molecule has 1 atom stereocenters. The third kappa shape index (κ3) is 3.18. The molecule has 0 aliphatic carbocycles. The standard InChI is InChI=1S/C14H15BrINO2/c1-8(2)9-5-13(18)17(7-9)14(19)11-6-10(15)3-4-12(11)16/h3-4,6,8-9H,5,7H2,1-2H3. The Bertz CT molecular complexity index is 530. The average Bonchev–Trinajstić information content (AvgIpc) is 2.74. The number of benzene rings is 1. The number of carbonyl (C=O) groups is 2. The Morgan fingerprint density at radius 1 is 1.47 bits per heavy atom. The van der Waals surface area contributed by atoms with Crippen LogP contribution in [0, 0.1) is 15.4 Å². The first kappa shape index (κ1) is 15.0. The average molecular weight is 436 g/mol. The summed E-state index contributed by atoms with van der Waals surface area (Å²) in [5.41, 5.74) is 0.590. The highest BCUT2D eigenvalue weighted by molar-refractivity contribution is 14.1. The summed E-state index contributed by atoms with van der Waals surface area (Å²) >= 11 is 5.49. The van der Waals surface area contributed by atoms with E-state index in [9.17, 15) is 9.59 Å². The van der Waals surface area contributed by atoms with Crippen LogP contribution in [0.2, 0.25) is 0 Å². The van der Waals surface area contributed by atoms with Crippen molar-refractivity contribution in [2.75, 3.05) is 6.54 Å². The molecule has 1 aliphatic heterocycles. The van der Waals surface area contributed by atoms with Crippen LogP contribution in [-0.4, -0.2) is 23.3 Å². The van der Waals surface area contributed by atoms with E-state index in [1.54, 1.807) is 6.07 Å². The molecule has 1 unspecified atom stereocenters. The number of amides is 2. The maximum Gasteiger partial charge on any atom is 0.261 e. The van der Waals surface area contributed by atoms with Crippen molar-refractivity contribution in [3.8, 4) is 0 Å². The molecule has 0 spiro atoms. The topological polar surface area (TPSA) is 37.4 Å². The number of rotatable bonds is 2. The monoisotopic (exact) mass is 435 g/mol. The molecule has 5 heteroatoms. The molecule has 1 heterocycles. The van der Waals surface area contributed by atoms with Gasteiger partial charge in [0.05, 0.1) is 5.56 Å². The highest BCUT2D eigenvalue weighted by Gasteiger charge is 2.36. The fraction of sp³-hybridized carbons (Fsp3) is 0.429. The Morgan fingerprint density at radius 2 is 2.16 bits per heavy atom. The molecule has 2 amide bonds. The third-order valence-electron chi connectivity index (χ3n) is 3.50. The van der Waals surface area contributed by atoms with Gasteiger partial charge in [-0.3, -0.25) is 14.5 Å². The van der Waals surface area contributed by atoms with Crippen LogP contribution in [-0.2, 0) is 4.79 Å². The Hall–Kier alpha value is -0.430. The Balaban J connectivity index is 2.25. The molecule has 0 aromatic heterocycles. The van der Waals surface area contributed by atoms with Crippen LogP contribution in [0.4, 0.5) is 0 Å². The largest absolute Gasteiger partial charge is 0.278 e. The van der Waals surface area contributed by atoms with Crippen molar-refractivity contribution in [3.63, 3.8) is 0 Å². The first-order valence-electron chi connectivity index (χ1n) is 6.20. The third-order valence-corrected chi connectivity index (χ3v) is 4.94. The van der Waals surface area contributed by atoms with E-state index in [2.05, 4.69) is 52.4 Å². The van der Waals surface area contributed by atoms with Gasteiger partial charge in [0.25, 0.3) is 5.91 Å². The van der Waals surface area contributed by atoms with Gasteiger partial charge < -0.3 is 0 Å². The minimum absolute atomic E-state index is 0.0560. The zero-order valence-electron chi connectivity index (χ0n) is 10.8. The van der Waals surface area contributed by atoms with Crippen LogP contribution in [0.5, 0.6) is 0 Å². The lowest BCUT2D eigenvalue weighted by molar-refractivity contribution is -0.125. The van der Waals surface area contributed by atoms with E-state index in [4.69, 9.17) is 0 Å². The van der Waals surface area contributed by atoms with E-state index in [1.165, 1.54) is 4.90 Å². The fourth-order valence-electron chi connectivity index (χ4n) is 2.18. The van der Waals surface area contributed by atoms with Gasteiger partial charge >= 0.3 is 0 Å². The lowest BCUT2D eigenvalue weighted by Gasteiger charge is -2.17. The van der Waals surface area contributed by atoms with Gasteiger partial charge in [-0.25, -0.2) is 0 Å². The van der Waals surface area contributed by atoms with E-state index in [0.717, 1.165) is 8.04 Å². The summed E-state index contributed by atoms with van der Waals surface area (Å²) < 4.78 is 1.72. The van der Waals surface area contributed by atoms with Gasteiger partial charge in [-0.1, -0.05) is 29.8 Å². The number of hydrogen-bond donors (Lipinski definition) is 0. The Morgan fingerprint density at radius 3 is 2.74 bits per heavy atom. The van der Waals surface area contributed by atoms with Crippen LogP contribution >= 0.6 is 38.5 Å².